The van der Waals surface area contributed by atoms with E-state index in [1.165, 1.54) is 0 Å². The van der Waals surface area contributed by atoms with Gasteiger partial charge >= 0.3 is 11.9 Å². The van der Waals surface area contributed by atoms with Crippen molar-refractivity contribution in [3.63, 3.8) is 0 Å². The first-order chi connectivity index (χ1) is 7.93. The Bertz CT molecular complexity index is 461. The van der Waals surface area contributed by atoms with Crippen LogP contribution in [0.1, 0.15) is 5.56 Å². The Morgan fingerprint density at radius 3 is 2.12 bits per heavy atom. The summed E-state index contributed by atoms with van der Waals surface area (Å²) in [6.45, 7) is 0. The van der Waals surface area contributed by atoms with Crippen LogP contribution in [0.4, 0.5) is 5.69 Å². The second kappa shape index (κ2) is 5.16. The number of carboxylic acids is 2. The summed E-state index contributed by atoms with van der Waals surface area (Å²) in [7, 11) is 3.60. The van der Waals surface area contributed by atoms with Crippen LogP contribution in [-0.2, 0) is 9.59 Å². The number of hydrogen-bond donors (Lipinski definition) is 2. The third kappa shape index (κ3) is 3.07. The number of hydrogen-bond acceptors (Lipinski definition) is 3. The van der Waals surface area contributed by atoms with E-state index in [0.29, 0.717) is 5.56 Å². The maximum atomic E-state index is 10.8. The minimum absolute atomic E-state index is 0.553. The normalized spacial score (nSPS) is 9.53. The van der Waals surface area contributed by atoms with Gasteiger partial charge in [0.25, 0.3) is 0 Å². The van der Waals surface area contributed by atoms with Crippen LogP contribution in [0, 0.1) is 0 Å². The molecule has 0 aliphatic carbocycles. The lowest BCUT2D eigenvalue weighted by molar-refractivity contribution is -0.139. The molecule has 1 aromatic rings. The van der Waals surface area contributed by atoms with Gasteiger partial charge in [0.15, 0.2) is 0 Å². The summed E-state index contributed by atoms with van der Waals surface area (Å²) in [6.07, 6.45) is 1.15. The third-order valence-corrected chi connectivity index (χ3v) is 2.18. The Morgan fingerprint density at radius 1 is 1.12 bits per heavy atom. The molecule has 0 bridgehead atoms. The Labute approximate surface area is 98.6 Å². The molecule has 0 aliphatic rings. The Balaban J connectivity index is 3.29. The molecule has 0 aliphatic heterocycles. The molecular weight excluding hydrogens is 222 g/mol. The minimum Gasteiger partial charge on any atom is -0.477 e. The molecular formula is C12H13NO4. The molecule has 5 nitrogen and oxygen atoms in total. The number of para-hydroxylation sites is 1. The van der Waals surface area contributed by atoms with E-state index in [2.05, 4.69) is 0 Å². The first kappa shape index (κ1) is 12.8. The van der Waals surface area contributed by atoms with Gasteiger partial charge in [-0.3, -0.25) is 0 Å². The van der Waals surface area contributed by atoms with Gasteiger partial charge in [-0.05, 0) is 17.7 Å². The van der Waals surface area contributed by atoms with Crippen molar-refractivity contribution < 1.29 is 19.8 Å². The SMILES string of the molecule is CN(C)c1ccccc1C=C(C(=O)O)C(=O)O. The molecule has 0 aromatic heterocycles. The molecule has 1 rings (SSSR count). The van der Waals surface area contributed by atoms with Gasteiger partial charge in [0.1, 0.15) is 5.57 Å². The van der Waals surface area contributed by atoms with E-state index in [-0.39, 0.29) is 0 Å². The van der Waals surface area contributed by atoms with Crippen molar-refractivity contribution >= 4 is 23.7 Å². The number of nitrogens with zero attached hydrogens (tertiary/aromatic N) is 1. The van der Waals surface area contributed by atoms with Crippen LogP contribution in [0.15, 0.2) is 29.8 Å². The molecule has 0 atom stereocenters. The van der Waals surface area contributed by atoms with E-state index < -0.39 is 17.5 Å². The summed E-state index contributed by atoms with van der Waals surface area (Å²) in [6, 6.07) is 6.97. The number of aliphatic carboxylic acids is 2. The van der Waals surface area contributed by atoms with Gasteiger partial charge < -0.3 is 15.1 Å². The second-order valence-corrected chi connectivity index (χ2v) is 3.62. The Morgan fingerprint density at radius 2 is 1.65 bits per heavy atom. The smallest absolute Gasteiger partial charge is 0.343 e. The predicted molar refractivity (Wildman–Crippen MR) is 64.0 cm³/mol. The quantitative estimate of drug-likeness (QED) is 0.467. The average molecular weight is 235 g/mol. The summed E-state index contributed by atoms with van der Waals surface area (Å²) in [4.78, 5) is 23.3. The predicted octanol–water partition coefficient (Wildman–Crippen LogP) is 1.31. The van der Waals surface area contributed by atoms with Crippen LogP contribution in [0.2, 0.25) is 0 Å². The Hall–Kier alpha value is -2.30. The maximum Gasteiger partial charge on any atom is 0.343 e. The van der Waals surface area contributed by atoms with E-state index in [1.54, 1.807) is 43.3 Å². The fourth-order valence-electron chi connectivity index (χ4n) is 1.39. The van der Waals surface area contributed by atoms with Gasteiger partial charge in [0.05, 0.1) is 0 Å². The van der Waals surface area contributed by atoms with Crippen molar-refractivity contribution in [3.05, 3.63) is 35.4 Å². The molecule has 0 spiro atoms. The molecule has 5 heteroatoms. The zero-order chi connectivity index (χ0) is 13.0. The second-order valence-electron chi connectivity index (χ2n) is 3.62. The summed E-state index contributed by atoms with van der Waals surface area (Å²) < 4.78 is 0. The monoisotopic (exact) mass is 235 g/mol. The molecule has 0 unspecified atom stereocenters. The van der Waals surface area contributed by atoms with Crippen molar-refractivity contribution in [2.45, 2.75) is 0 Å². The molecule has 0 saturated heterocycles. The summed E-state index contributed by atoms with van der Waals surface area (Å²) >= 11 is 0. The molecule has 0 saturated carbocycles. The highest BCUT2D eigenvalue weighted by Crippen LogP contribution is 2.20. The van der Waals surface area contributed by atoms with Gasteiger partial charge in [-0.25, -0.2) is 9.59 Å². The molecule has 0 radical (unpaired) electrons. The highest BCUT2D eigenvalue weighted by Gasteiger charge is 2.16. The van der Waals surface area contributed by atoms with Crippen molar-refractivity contribution in [2.75, 3.05) is 19.0 Å². The average Bonchev–Trinajstić information content (AvgIpc) is 2.25. The fourth-order valence-corrected chi connectivity index (χ4v) is 1.39. The molecule has 0 amide bonds. The first-order valence-corrected chi connectivity index (χ1v) is 4.88. The minimum atomic E-state index is -1.45. The molecule has 90 valence electrons. The van der Waals surface area contributed by atoms with Crippen molar-refractivity contribution in [2.24, 2.45) is 0 Å². The third-order valence-electron chi connectivity index (χ3n) is 2.18. The molecule has 0 heterocycles. The lowest BCUT2D eigenvalue weighted by Gasteiger charge is -2.15. The Kier molecular flexibility index (Phi) is 3.87. The van der Waals surface area contributed by atoms with Gasteiger partial charge in [0.2, 0.25) is 0 Å². The zero-order valence-corrected chi connectivity index (χ0v) is 9.54. The number of carbonyl (C=O) groups is 2. The van der Waals surface area contributed by atoms with Crippen LogP contribution in [-0.4, -0.2) is 36.2 Å². The molecule has 17 heavy (non-hydrogen) atoms. The van der Waals surface area contributed by atoms with Gasteiger partial charge in [-0.1, -0.05) is 18.2 Å². The van der Waals surface area contributed by atoms with E-state index in [9.17, 15) is 9.59 Å². The zero-order valence-electron chi connectivity index (χ0n) is 9.54. The standard InChI is InChI=1S/C12H13NO4/c1-13(2)10-6-4-3-5-8(10)7-9(11(14)15)12(16)17/h3-7H,1-2H3,(H,14,15)(H,16,17). The van der Waals surface area contributed by atoms with Gasteiger partial charge in [-0.2, -0.15) is 0 Å². The molecule has 1 aromatic carbocycles. The molecule has 2 N–H and O–H groups in total. The van der Waals surface area contributed by atoms with Crippen LogP contribution in [0.5, 0.6) is 0 Å². The van der Waals surface area contributed by atoms with Crippen molar-refractivity contribution in [3.8, 4) is 0 Å². The fraction of sp³-hybridized carbons (Fsp3) is 0.167. The number of rotatable bonds is 4. The lowest BCUT2D eigenvalue weighted by Crippen LogP contribution is -2.13. The summed E-state index contributed by atoms with van der Waals surface area (Å²) in [5, 5.41) is 17.5. The van der Waals surface area contributed by atoms with E-state index in [4.69, 9.17) is 10.2 Å². The summed E-state index contributed by atoms with van der Waals surface area (Å²) in [5.74, 6) is -2.91. The number of carboxylic acid groups (broad SMARTS) is 2. The van der Waals surface area contributed by atoms with Gasteiger partial charge in [0, 0.05) is 19.8 Å². The van der Waals surface area contributed by atoms with E-state index >= 15 is 0 Å². The number of anilines is 1. The number of benzene rings is 1. The van der Waals surface area contributed by atoms with Crippen LogP contribution < -0.4 is 4.90 Å². The van der Waals surface area contributed by atoms with Gasteiger partial charge in [-0.15, -0.1) is 0 Å². The van der Waals surface area contributed by atoms with Crippen LogP contribution in [0.3, 0.4) is 0 Å². The topological polar surface area (TPSA) is 77.8 Å². The van der Waals surface area contributed by atoms with Crippen LogP contribution >= 0.6 is 0 Å². The van der Waals surface area contributed by atoms with E-state index in [0.717, 1.165) is 11.8 Å². The highest BCUT2D eigenvalue weighted by atomic mass is 16.4. The van der Waals surface area contributed by atoms with E-state index in [1.807, 2.05) is 0 Å². The first-order valence-electron chi connectivity index (χ1n) is 4.88. The lowest BCUT2D eigenvalue weighted by atomic mass is 10.1. The maximum absolute atomic E-state index is 10.8. The summed E-state index contributed by atoms with van der Waals surface area (Å²) in [5.41, 5.74) is 0.657. The van der Waals surface area contributed by atoms with Crippen LogP contribution in [0.25, 0.3) is 6.08 Å². The highest BCUT2D eigenvalue weighted by molar-refractivity contribution is 6.16. The van der Waals surface area contributed by atoms with Crippen molar-refractivity contribution in [1.82, 2.24) is 0 Å². The van der Waals surface area contributed by atoms with Crippen molar-refractivity contribution in [1.29, 1.82) is 0 Å². The molecule has 0 fully saturated rings. The largest absolute Gasteiger partial charge is 0.477 e.